The summed E-state index contributed by atoms with van der Waals surface area (Å²) in [5, 5.41) is 7.68. The van der Waals surface area contributed by atoms with Gasteiger partial charge in [0.05, 0.1) is 7.11 Å². The molecule has 138 valence electrons. The lowest BCUT2D eigenvalue weighted by Gasteiger charge is -2.30. The maximum absolute atomic E-state index is 13.4. The fourth-order valence-electron chi connectivity index (χ4n) is 4.25. The second-order valence-electron chi connectivity index (χ2n) is 7.58. The molecule has 1 amide bonds. The van der Waals surface area contributed by atoms with E-state index in [1.165, 1.54) is 18.4 Å². The molecule has 4 rings (SSSR count). The van der Waals surface area contributed by atoms with Crippen molar-refractivity contribution in [1.82, 2.24) is 10.2 Å². The van der Waals surface area contributed by atoms with Gasteiger partial charge in [-0.3, -0.25) is 4.79 Å². The van der Waals surface area contributed by atoms with E-state index >= 15 is 0 Å². The Bertz CT molecular complexity index is 781. The molecule has 2 aliphatic rings. The maximum Gasteiger partial charge on any atom is 0.254 e. The summed E-state index contributed by atoms with van der Waals surface area (Å²) in [6.07, 6.45) is 3.47. The normalized spacial score (nSPS) is 20.8. The number of rotatable bonds is 5. The molecule has 1 aliphatic carbocycles. The molecule has 4 nitrogen and oxygen atoms in total. The van der Waals surface area contributed by atoms with Crippen molar-refractivity contribution in [3.05, 3.63) is 51.7 Å². The predicted molar refractivity (Wildman–Crippen MR) is 105 cm³/mol. The van der Waals surface area contributed by atoms with Crippen molar-refractivity contribution in [2.45, 2.75) is 38.8 Å². The van der Waals surface area contributed by atoms with Gasteiger partial charge >= 0.3 is 0 Å². The molecule has 1 saturated carbocycles. The van der Waals surface area contributed by atoms with E-state index in [-0.39, 0.29) is 5.91 Å². The molecule has 0 radical (unpaired) electrons. The fraction of sp³-hybridized carbons (Fsp3) is 0.476. The van der Waals surface area contributed by atoms with Crippen LogP contribution < -0.4 is 10.1 Å². The number of methoxy groups -OCH3 is 1. The highest BCUT2D eigenvalue weighted by molar-refractivity contribution is 7.07. The monoisotopic (exact) mass is 370 g/mol. The number of carbonyl (C=O) groups excluding carboxylic acids is 1. The lowest BCUT2D eigenvalue weighted by molar-refractivity contribution is 0.0692. The number of nitrogens with one attached hydrogen (secondary N) is 1. The molecule has 1 spiro atoms. The summed E-state index contributed by atoms with van der Waals surface area (Å²) in [5.74, 6) is 0.897. The summed E-state index contributed by atoms with van der Waals surface area (Å²) in [7, 11) is 1.66. The van der Waals surface area contributed by atoms with Crippen LogP contribution in [0.2, 0.25) is 0 Å². The number of hydrogen-bond donors (Lipinski definition) is 1. The van der Waals surface area contributed by atoms with Crippen molar-refractivity contribution in [3.63, 3.8) is 0 Å². The molecule has 26 heavy (non-hydrogen) atoms. The lowest BCUT2D eigenvalue weighted by Crippen LogP contribution is -2.39. The molecular weight excluding hydrogens is 344 g/mol. The Morgan fingerprint density at radius 3 is 2.85 bits per heavy atom. The van der Waals surface area contributed by atoms with E-state index in [9.17, 15) is 4.79 Å². The van der Waals surface area contributed by atoms with Crippen molar-refractivity contribution in [2.24, 2.45) is 5.41 Å². The number of aryl methyl sites for hydroxylation is 1. The first-order valence-corrected chi connectivity index (χ1v) is 10.2. The average Bonchev–Trinajstić information content (AvgIpc) is 3.09. The van der Waals surface area contributed by atoms with Crippen LogP contribution >= 0.6 is 11.3 Å². The van der Waals surface area contributed by atoms with Crippen LogP contribution in [0.5, 0.6) is 5.75 Å². The molecule has 1 unspecified atom stereocenters. The second-order valence-corrected chi connectivity index (χ2v) is 8.36. The average molecular weight is 371 g/mol. The molecule has 1 saturated heterocycles. The van der Waals surface area contributed by atoms with E-state index in [1.54, 1.807) is 18.4 Å². The number of benzene rings is 1. The van der Waals surface area contributed by atoms with Gasteiger partial charge in [0.15, 0.2) is 0 Å². The third-order valence-corrected chi connectivity index (χ3v) is 6.70. The molecule has 0 bridgehead atoms. The van der Waals surface area contributed by atoms with Gasteiger partial charge < -0.3 is 15.0 Å². The van der Waals surface area contributed by atoms with Gasteiger partial charge in [0.25, 0.3) is 5.91 Å². The fourth-order valence-corrected chi connectivity index (χ4v) is 4.91. The Morgan fingerprint density at radius 2 is 2.15 bits per heavy atom. The predicted octanol–water partition coefficient (Wildman–Crippen LogP) is 3.85. The van der Waals surface area contributed by atoms with E-state index in [0.717, 1.165) is 36.4 Å². The van der Waals surface area contributed by atoms with Crippen molar-refractivity contribution in [1.29, 1.82) is 0 Å². The Morgan fingerprint density at radius 1 is 1.35 bits per heavy atom. The number of hydrogen-bond acceptors (Lipinski definition) is 4. The van der Waals surface area contributed by atoms with Gasteiger partial charge in [0.2, 0.25) is 0 Å². The first kappa shape index (κ1) is 17.6. The van der Waals surface area contributed by atoms with Crippen LogP contribution in [0.4, 0.5) is 0 Å². The van der Waals surface area contributed by atoms with E-state index in [4.69, 9.17) is 4.74 Å². The van der Waals surface area contributed by atoms with Crippen LogP contribution in [0.15, 0.2) is 35.0 Å². The maximum atomic E-state index is 13.4. The Kier molecular flexibility index (Phi) is 4.76. The molecule has 2 aromatic rings. The van der Waals surface area contributed by atoms with Crippen LogP contribution in [0.25, 0.3) is 0 Å². The van der Waals surface area contributed by atoms with Crippen LogP contribution in [0.1, 0.15) is 40.7 Å². The second kappa shape index (κ2) is 7.05. The molecule has 2 heterocycles. The summed E-state index contributed by atoms with van der Waals surface area (Å²) in [4.78, 5) is 15.5. The molecule has 1 aromatic carbocycles. The van der Waals surface area contributed by atoms with Crippen molar-refractivity contribution in [2.75, 3.05) is 20.2 Å². The number of amides is 1. The summed E-state index contributed by atoms with van der Waals surface area (Å²) in [6, 6.07) is 8.26. The number of piperidine rings is 1. The van der Waals surface area contributed by atoms with Gasteiger partial charge in [-0.2, -0.15) is 11.3 Å². The standard InChI is InChI=1S/C21H26N2O2S/c1-15-3-4-17(11-18(15)25-2)20(24)23(13-16-5-10-26-14-16)19-12-21(19)6-8-22-9-7-21/h3-5,10-11,14,19,22H,6-9,12-13H2,1-2H3. The zero-order valence-corrected chi connectivity index (χ0v) is 16.3. The van der Waals surface area contributed by atoms with E-state index < -0.39 is 0 Å². The molecule has 1 aromatic heterocycles. The van der Waals surface area contributed by atoms with Gasteiger partial charge in [-0.05, 0) is 84.8 Å². The number of carbonyl (C=O) groups is 1. The minimum atomic E-state index is 0.120. The SMILES string of the molecule is COc1cc(C(=O)N(Cc2ccsc2)C2CC23CCNCC3)ccc1C. The van der Waals surface area contributed by atoms with Crippen molar-refractivity contribution < 1.29 is 9.53 Å². The molecule has 1 aliphatic heterocycles. The van der Waals surface area contributed by atoms with Gasteiger partial charge in [-0.15, -0.1) is 0 Å². The number of nitrogens with zero attached hydrogens (tertiary/aromatic N) is 1. The molecule has 1 atom stereocenters. The summed E-state index contributed by atoms with van der Waals surface area (Å²) in [6.45, 7) is 4.82. The van der Waals surface area contributed by atoms with Gasteiger partial charge in [0, 0.05) is 18.2 Å². The summed E-state index contributed by atoms with van der Waals surface area (Å²) < 4.78 is 5.43. The first-order valence-electron chi connectivity index (χ1n) is 9.30. The third kappa shape index (κ3) is 3.26. The van der Waals surface area contributed by atoms with Crippen LogP contribution in [0.3, 0.4) is 0 Å². The quantitative estimate of drug-likeness (QED) is 0.869. The minimum absolute atomic E-state index is 0.120. The van der Waals surface area contributed by atoms with Crippen LogP contribution in [-0.4, -0.2) is 37.0 Å². The van der Waals surface area contributed by atoms with Crippen LogP contribution in [0, 0.1) is 12.3 Å². The summed E-state index contributed by atoms with van der Waals surface area (Å²) in [5.41, 5.74) is 3.32. The topological polar surface area (TPSA) is 41.6 Å². The number of thiophene rings is 1. The zero-order chi connectivity index (χ0) is 18.1. The highest BCUT2D eigenvalue weighted by Crippen LogP contribution is 2.56. The van der Waals surface area contributed by atoms with Gasteiger partial charge in [-0.1, -0.05) is 6.07 Å². The highest BCUT2D eigenvalue weighted by atomic mass is 32.1. The molecular formula is C21H26N2O2S. The van der Waals surface area contributed by atoms with E-state index in [0.29, 0.717) is 18.0 Å². The van der Waals surface area contributed by atoms with Crippen molar-refractivity contribution in [3.8, 4) is 5.75 Å². The smallest absolute Gasteiger partial charge is 0.254 e. The number of ether oxygens (including phenoxy) is 1. The Hall–Kier alpha value is -1.85. The molecule has 2 fully saturated rings. The largest absolute Gasteiger partial charge is 0.496 e. The van der Waals surface area contributed by atoms with Crippen LogP contribution in [-0.2, 0) is 6.54 Å². The third-order valence-electron chi connectivity index (χ3n) is 5.97. The van der Waals surface area contributed by atoms with E-state index in [1.807, 2.05) is 25.1 Å². The molecule has 5 heteroatoms. The highest BCUT2D eigenvalue weighted by Gasteiger charge is 2.57. The van der Waals surface area contributed by atoms with Gasteiger partial charge in [0.1, 0.15) is 5.75 Å². The Balaban J connectivity index is 1.61. The van der Waals surface area contributed by atoms with Gasteiger partial charge in [-0.25, -0.2) is 0 Å². The molecule has 1 N–H and O–H groups in total. The lowest BCUT2D eigenvalue weighted by atomic mass is 9.93. The van der Waals surface area contributed by atoms with Crippen molar-refractivity contribution >= 4 is 17.2 Å². The minimum Gasteiger partial charge on any atom is -0.496 e. The first-order chi connectivity index (χ1) is 12.6. The summed E-state index contributed by atoms with van der Waals surface area (Å²) >= 11 is 1.69. The Labute approximate surface area is 159 Å². The van der Waals surface area contributed by atoms with E-state index in [2.05, 4.69) is 27.0 Å². The zero-order valence-electron chi connectivity index (χ0n) is 15.5.